The highest BCUT2D eigenvalue weighted by Gasteiger charge is 2.02. The Balaban J connectivity index is 2.51. The summed E-state index contributed by atoms with van der Waals surface area (Å²) in [6.45, 7) is 8.08. The number of halogens is 1. The van der Waals surface area contributed by atoms with Crippen molar-refractivity contribution in [2.24, 2.45) is 5.92 Å². The highest BCUT2D eigenvalue weighted by molar-refractivity contribution is 6.29. The van der Waals surface area contributed by atoms with Crippen molar-refractivity contribution in [3.8, 4) is 0 Å². The number of benzene rings is 2. The monoisotopic (exact) mass is 296 g/mol. The molecule has 0 heterocycles. The maximum atomic E-state index is 5.97. The van der Waals surface area contributed by atoms with Crippen molar-refractivity contribution in [2.45, 2.75) is 20.3 Å². The largest absolute Gasteiger partial charge is 0.0895 e. The average Bonchev–Trinajstić information content (AvgIpc) is 2.53. The zero-order chi connectivity index (χ0) is 15.2. The molecular weight excluding hydrogens is 276 g/mol. The first-order valence-electron chi connectivity index (χ1n) is 7.25. The molecule has 0 aliphatic heterocycles. The molecule has 0 N–H and O–H groups in total. The maximum absolute atomic E-state index is 5.97. The van der Waals surface area contributed by atoms with Crippen molar-refractivity contribution in [3.63, 3.8) is 0 Å². The van der Waals surface area contributed by atoms with Gasteiger partial charge in [-0.2, -0.15) is 0 Å². The van der Waals surface area contributed by atoms with Crippen molar-refractivity contribution in [2.75, 3.05) is 0 Å². The second-order valence-corrected chi connectivity index (χ2v) is 5.85. The molecule has 108 valence electrons. The Bertz CT molecular complexity index is 726. The molecule has 0 nitrogen and oxygen atoms in total. The van der Waals surface area contributed by atoms with Crippen LogP contribution < -0.4 is 10.4 Å². The predicted molar refractivity (Wildman–Crippen MR) is 93.6 cm³/mol. The molecule has 0 aliphatic rings. The average molecular weight is 297 g/mol. The van der Waals surface area contributed by atoms with Crippen LogP contribution in [0.1, 0.15) is 25.8 Å². The van der Waals surface area contributed by atoms with E-state index in [1.54, 1.807) is 0 Å². The van der Waals surface area contributed by atoms with Crippen LogP contribution in [0.25, 0.3) is 11.6 Å². The molecule has 0 radical (unpaired) electrons. The van der Waals surface area contributed by atoms with Gasteiger partial charge in [0.2, 0.25) is 0 Å². The highest BCUT2D eigenvalue weighted by Crippen LogP contribution is 2.16. The van der Waals surface area contributed by atoms with Gasteiger partial charge in [0.1, 0.15) is 0 Å². The van der Waals surface area contributed by atoms with Gasteiger partial charge in [-0.05, 0) is 40.8 Å². The molecule has 0 saturated heterocycles. The molecule has 2 aromatic rings. The first kappa shape index (κ1) is 15.6. The third-order valence-electron chi connectivity index (χ3n) is 3.80. The van der Waals surface area contributed by atoms with Crippen LogP contribution in [0.5, 0.6) is 0 Å². The molecule has 0 amide bonds. The molecule has 2 aromatic carbocycles. The number of hydrogen-bond donors (Lipinski definition) is 0. The standard InChI is InChI=1S/C20H21Cl/c1-15(17(3)21)13-14-19-11-7-8-12-20(19)16(2)18-9-5-4-6-10-18/h4-12,14-15H,3,13H2,1-2H3. The highest BCUT2D eigenvalue weighted by atomic mass is 35.5. The van der Waals surface area contributed by atoms with Crippen molar-refractivity contribution in [3.05, 3.63) is 82.2 Å². The van der Waals surface area contributed by atoms with Crippen LogP contribution in [-0.2, 0) is 0 Å². The Labute approximate surface area is 132 Å². The van der Waals surface area contributed by atoms with E-state index in [9.17, 15) is 0 Å². The quantitative estimate of drug-likeness (QED) is 0.781. The third-order valence-corrected chi connectivity index (χ3v) is 4.17. The fourth-order valence-corrected chi connectivity index (χ4v) is 2.38. The summed E-state index contributed by atoms with van der Waals surface area (Å²) in [6.07, 6.45) is 3.15. The molecule has 0 bridgehead atoms. The van der Waals surface area contributed by atoms with E-state index < -0.39 is 0 Å². The minimum absolute atomic E-state index is 0.289. The van der Waals surface area contributed by atoms with Gasteiger partial charge in [0.15, 0.2) is 0 Å². The van der Waals surface area contributed by atoms with E-state index in [1.165, 1.54) is 21.6 Å². The van der Waals surface area contributed by atoms with Gasteiger partial charge in [0.25, 0.3) is 0 Å². The van der Waals surface area contributed by atoms with Gasteiger partial charge in [-0.15, -0.1) is 0 Å². The van der Waals surface area contributed by atoms with Crippen LogP contribution in [0.3, 0.4) is 0 Å². The summed E-state index contributed by atoms with van der Waals surface area (Å²) < 4.78 is 0. The van der Waals surface area contributed by atoms with E-state index in [-0.39, 0.29) is 5.92 Å². The first-order chi connectivity index (χ1) is 10.1. The van der Waals surface area contributed by atoms with Gasteiger partial charge in [0, 0.05) is 5.03 Å². The van der Waals surface area contributed by atoms with Crippen molar-refractivity contribution in [1.82, 2.24) is 0 Å². The molecular formula is C20H21Cl. The van der Waals surface area contributed by atoms with Crippen molar-refractivity contribution >= 4 is 23.3 Å². The van der Waals surface area contributed by atoms with Gasteiger partial charge in [-0.25, -0.2) is 0 Å². The summed E-state index contributed by atoms with van der Waals surface area (Å²) >= 11 is 5.97. The summed E-state index contributed by atoms with van der Waals surface area (Å²) in [5.74, 6) is 0.289. The second kappa shape index (κ2) is 7.28. The predicted octanol–water partition coefficient (Wildman–Crippen LogP) is 4.46. The summed E-state index contributed by atoms with van der Waals surface area (Å²) in [5.41, 5.74) is 2.55. The summed E-state index contributed by atoms with van der Waals surface area (Å²) in [5, 5.41) is 3.24. The number of allylic oxidation sites excluding steroid dienone is 1. The lowest BCUT2D eigenvalue weighted by molar-refractivity contribution is 0.752. The van der Waals surface area contributed by atoms with Crippen molar-refractivity contribution < 1.29 is 0 Å². The summed E-state index contributed by atoms with van der Waals surface area (Å²) in [4.78, 5) is 0. The molecule has 1 unspecified atom stereocenters. The lowest BCUT2D eigenvalue weighted by Crippen LogP contribution is -2.26. The fourth-order valence-electron chi connectivity index (χ4n) is 2.29. The molecule has 21 heavy (non-hydrogen) atoms. The van der Waals surface area contributed by atoms with Crippen LogP contribution in [0.2, 0.25) is 0 Å². The van der Waals surface area contributed by atoms with Crippen LogP contribution in [0.4, 0.5) is 0 Å². The second-order valence-electron chi connectivity index (χ2n) is 5.37. The van der Waals surface area contributed by atoms with Crippen LogP contribution in [0.15, 0.2) is 66.2 Å². The molecule has 1 atom stereocenters. The molecule has 0 spiro atoms. The van der Waals surface area contributed by atoms with Gasteiger partial charge in [-0.1, -0.05) is 85.8 Å². The third kappa shape index (κ3) is 4.09. The van der Waals surface area contributed by atoms with Gasteiger partial charge < -0.3 is 0 Å². The molecule has 0 aromatic heterocycles. The van der Waals surface area contributed by atoms with Gasteiger partial charge >= 0.3 is 0 Å². The number of hydrogen-bond acceptors (Lipinski definition) is 0. The zero-order valence-electron chi connectivity index (χ0n) is 12.6. The Morgan fingerprint density at radius 2 is 1.71 bits per heavy atom. The topological polar surface area (TPSA) is 0 Å². The minimum atomic E-state index is 0.289. The van der Waals surface area contributed by atoms with Crippen LogP contribution >= 0.6 is 11.6 Å². The lowest BCUT2D eigenvalue weighted by Gasteiger charge is -2.06. The molecule has 0 aliphatic carbocycles. The smallest absolute Gasteiger partial charge is 0.0140 e. The Morgan fingerprint density at radius 3 is 2.38 bits per heavy atom. The van der Waals surface area contributed by atoms with E-state index in [0.29, 0.717) is 5.03 Å². The molecule has 0 saturated carbocycles. The Kier molecular flexibility index (Phi) is 5.41. The molecule has 0 fully saturated rings. The maximum Gasteiger partial charge on any atom is 0.0140 e. The molecule has 1 heteroatoms. The summed E-state index contributed by atoms with van der Waals surface area (Å²) in [6, 6.07) is 19.0. The van der Waals surface area contributed by atoms with Gasteiger partial charge in [-0.3, -0.25) is 0 Å². The summed E-state index contributed by atoms with van der Waals surface area (Å²) in [7, 11) is 0. The van der Waals surface area contributed by atoms with E-state index in [4.69, 9.17) is 11.6 Å². The van der Waals surface area contributed by atoms with Gasteiger partial charge in [0.05, 0.1) is 0 Å². The zero-order valence-corrected chi connectivity index (χ0v) is 13.4. The fraction of sp³-hybridized carbons (Fsp3) is 0.200. The Morgan fingerprint density at radius 1 is 1.10 bits per heavy atom. The minimum Gasteiger partial charge on any atom is -0.0895 e. The first-order valence-corrected chi connectivity index (χ1v) is 7.63. The Hall–Kier alpha value is -1.79. The lowest BCUT2D eigenvalue weighted by atomic mass is 10.0. The van der Waals surface area contributed by atoms with Crippen LogP contribution in [0, 0.1) is 5.92 Å². The van der Waals surface area contributed by atoms with E-state index in [2.05, 4.69) is 75.0 Å². The van der Waals surface area contributed by atoms with Crippen LogP contribution in [-0.4, -0.2) is 0 Å². The SMILES string of the molecule is C=C(Cl)C(C)CC=c1ccccc1=C(C)c1ccccc1. The normalized spacial score (nSPS) is 14.7. The molecule has 2 rings (SSSR count). The van der Waals surface area contributed by atoms with E-state index >= 15 is 0 Å². The van der Waals surface area contributed by atoms with Crippen molar-refractivity contribution in [1.29, 1.82) is 0 Å². The van der Waals surface area contributed by atoms with E-state index in [1.807, 2.05) is 6.07 Å². The van der Waals surface area contributed by atoms with E-state index in [0.717, 1.165) is 6.42 Å². The number of rotatable bonds is 4.